The molecule has 0 saturated carbocycles. The summed E-state index contributed by atoms with van der Waals surface area (Å²) in [4.78, 5) is 31.3. The molecule has 2 atom stereocenters. The van der Waals surface area contributed by atoms with E-state index in [-0.39, 0.29) is 23.8 Å². The summed E-state index contributed by atoms with van der Waals surface area (Å²) in [5.41, 5.74) is 3.43. The summed E-state index contributed by atoms with van der Waals surface area (Å²) >= 11 is 0. The van der Waals surface area contributed by atoms with Crippen LogP contribution in [-0.2, 0) is 22.6 Å². The van der Waals surface area contributed by atoms with E-state index < -0.39 is 0 Å². The fraction of sp³-hybridized carbons (Fsp3) is 0.412. The van der Waals surface area contributed by atoms with Crippen LogP contribution < -0.4 is 0 Å². The maximum Gasteiger partial charge on any atom is 0.226 e. The number of amides is 2. The fourth-order valence-electron chi connectivity index (χ4n) is 4.97. The third-order valence-electron chi connectivity index (χ3n) is 7.43. The molecule has 38 heavy (non-hydrogen) atoms. The fourth-order valence-corrected chi connectivity index (χ4v) is 4.97. The molecule has 0 aliphatic carbocycles. The van der Waals surface area contributed by atoms with Crippen LogP contribution in [0.15, 0.2) is 91.0 Å². The number of carbonyl (C=O) groups excluding carboxylic acids is 2. The summed E-state index contributed by atoms with van der Waals surface area (Å²) < 4.78 is 0. The molecule has 2 amide bonds. The van der Waals surface area contributed by atoms with Crippen LogP contribution in [0.4, 0.5) is 0 Å². The second-order valence-electron chi connectivity index (χ2n) is 10.2. The van der Waals surface area contributed by atoms with Crippen molar-refractivity contribution in [2.24, 2.45) is 5.92 Å². The van der Waals surface area contributed by atoms with Crippen molar-refractivity contribution in [1.29, 1.82) is 0 Å². The van der Waals surface area contributed by atoms with Gasteiger partial charge in [0.05, 0.1) is 6.04 Å². The zero-order valence-corrected chi connectivity index (χ0v) is 23.4. The predicted molar refractivity (Wildman–Crippen MR) is 156 cm³/mol. The molecular formula is C34H44N2O2. The Balaban J connectivity index is 1.76. The van der Waals surface area contributed by atoms with Crippen LogP contribution in [0.3, 0.4) is 0 Å². The number of hydrogen-bond acceptors (Lipinski definition) is 2. The van der Waals surface area contributed by atoms with Gasteiger partial charge in [0.15, 0.2) is 0 Å². The van der Waals surface area contributed by atoms with Crippen LogP contribution in [0.1, 0.15) is 75.6 Å². The van der Waals surface area contributed by atoms with Gasteiger partial charge in [-0.25, -0.2) is 0 Å². The molecule has 3 aromatic carbocycles. The van der Waals surface area contributed by atoms with Crippen LogP contribution in [0.5, 0.6) is 0 Å². The third-order valence-corrected chi connectivity index (χ3v) is 7.43. The van der Waals surface area contributed by atoms with Crippen molar-refractivity contribution < 1.29 is 9.59 Å². The molecular weight excluding hydrogens is 468 g/mol. The molecule has 0 aliphatic heterocycles. The SMILES string of the molecule is CCCCC(CC)C(=O)N(CCC(=O)N(CCc1ccccc1)Cc1ccccc1)C(C)c1ccccc1. The lowest BCUT2D eigenvalue weighted by atomic mass is 9.96. The molecule has 0 aromatic heterocycles. The van der Waals surface area contributed by atoms with Crippen LogP contribution in [-0.4, -0.2) is 34.7 Å². The molecule has 0 bridgehead atoms. The average molecular weight is 513 g/mol. The second-order valence-corrected chi connectivity index (χ2v) is 10.2. The van der Waals surface area contributed by atoms with Crippen LogP contribution >= 0.6 is 0 Å². The smallest absolute Gasteiger partial charge is 0.226 e. The lowest BCUT2D eigenvalue weighted by molar-refractivity contribution is -0.139. The standard InChI is InChI=1S/C34H44N2O2/c1-4-6-20-31(5-2)34(38)36(28(3)32-21-14-9-15-22-32)26-24-33(37)35(27-30-18-12-8-13-19-30)25-23-29-16-10-7-11-17-29/h7-19,21-22,28,31H,4-6,20,23-27H2,1-3H3. The Morgan fingerprint density at radius 3 is 1.92 bits per heavy atom. The number of nitrogens with zero attached hydrogens (tertiary/aromatic N) is 2. The lowest BCUT2D eigenvalue weighted by Gasteiger charge is -2.33. The molecule has 3 aromatic rings. The molecule has 0 aliphatic rings. The summed E-state index contributed by atoms with van der Waals surface area (Å²) in [5.74, 6) is 0.253. The van der Waals surface area contributed by atoms with Crippen LogP contribution in [0, 0.1) is 5.92 Å². The molecule has 0 fully saturated rings. The Morgan fingerprint density at radius 1 is 0.763 bits per heavy atom. The first-order chi connectivity index (χ1) is 18.5. The van der Waals surface area contributed by atoms with Crippen molar-refractivity contribution in [3.8, 4) is 0 Å². The van der Waals surface area contributed by atoms with Crippen molar-refractivity contribution in [2.45, 2.75) is 71.9 Å². The van der Waals surface area contributed by atoms with Crippen molar-refractivity contribution in [3.05, 3.63) is 108 Å². The van der Waals surface area contributed by atoms with E-state index >= 15 is 0 Å². The Hall–Kier alpha value is -3.40. The molecule has 4 nitrogen and oxygen atoms in total. The Kier molecular flexibility index (Phi) is 12.1. The molecule has 0 heterocycles. The molecule has 0 N–H and O–H groups in total. The number of hydrogen-bond donors (Lipinski definition) is 0. The molecule has 2 unspecified atom stereocenters. The van der Waals surface area contributed by atoms with Gasteiger partial charge < -0.3 is 9.80 Å². The van der Waals surface area contributed by atoms with E-state index in [1.165, 1.54) is 5.56 Å². The topological polar surface area (TPSA) is 40.6 Å². The van der Waals surface area contributed by atoms with Crippen molar-refractivity contribution >= 4 is 11.8 Å². The van der Waals surface area contributed by atoms with Crippen LogP contribution in [0.25, 0.3) is 0 Å². The summed E-state index contributed by atoms with van der Waals surface area (Å²) in [6.45, 7) is 7.99. The van der Waals surface area contributed by atoms with Gasteiger partial charge in [-0.1, -0.05) is 118 Å². The first-order valence-electron chi connectivity index (χ1n) is 14.2. The van der Waals surface area contributed by atoms with Gasteiger partial charge in [-0.2, -0.15) is 0 Å². The highest BCUT2D eigenvalue weighted by Crippen LogP contribution is 2.26. The van der Waals surface area contributed by atoms with Gasteiger partial charge in [-0.05, 0) is 42.9 Å². The largest absolute Gasteiger partial charge is 0.338 e. The minimum absolute atomic E-state index is 0.00489. The highest BCUT2D eigenvalue weighted by molar-refractivity contribution is 5.81. The second kappa shape index (κ2) is 15.8. The number of benzene rings is 3. The van der Waals surface area contributed by atoms with E-state index in [1.54, 1.807) is 0 Å². The summed E-state index contributed by atoms with van der Waals surface area (Å²) in [5, 5.41) is 0. The molecule has 202 valence electrons. The van der Waals surface area contributed by atoms with E-state index in [0.717, 1.165) is 43.2 Å². The molecule has 4 heteroatoms. The van der Waals surface area contributed by atoms with Gasteiger partial charge in [-0.15, -0.1) is 0 Å². The zero-order valence-electron chi connectivity index (χ0n) is 23.4. The van der Waals surface area contributed by atoms with Gasteiger partial charge in [0.2, 0.25) is 11.8 Å². The lowest BCUT2D eigenvalue weighted by Crippen LogP contribution is -2.41. The molecule has 0 spiro atoms. The Bertz CT molecular complexity index is 1090. The number of unbranched alkanes of at least 4 members (excludes halogenated alkanes) is 1. The summed E-state index contributed by atoms with van der Waals surface area (Å²) in [6.07, 6.45) is 4.95. The highest BCUT2D eigenvalue weighted by Gasteiger charge is 2.28. The van der Waals surface area contributed by atoms with E-state index in [9.17, 15) is 9.59 Å². The Morgan fingerprint density at radius 2 is 1.34 bits per heavy atom. The molecule has 0 saturated heterocycles. The first kappa shape index (κ1) is 29.2. The highest BCUT2D eigenvalue weighted by atomic mass is 16.2. The summed E-state index contributed by atoms with van der Waals surface area (Å²) in [6, 6.07) is 30.5. The predicted octanol–water partition coefficient (Wildman–Crippen LogP) is 7.45. The van der Waals surface area contributed by atoms with E-state index in [4.69, 9.17) is 0 Å². The van der Waals surface area contributed by atoms with Gasteiger partial charge in [-0.3, -0.25) is 9.59 Å². The third kappa shape index (κ3) is 8.86. The Labute approximate surface area is 229 Å². The minimum atomic E-state index is -0.0842. The minimum Gasteiger partial charge on any atom is -0.338 e. The van der Waals surface area contributed by atoms with Crippen molar-refractivity contribution in [3.63, 3.8) is 0 Å². The monoisotopic (exact) mass is 512 g/mol. The van der Waals surface area contributed by atoms with Crippen LogP contribution in [0.2, 0.25) is 0 Å². The zero-order chi connectivity index (χ0) is 27.2. The van der Waals surface area contributed by atoms with Gasteiger partial charge in [0.25, 0.3) is 0 Å². The number of rotatable bonds is 15. The maximum absolute atomic E-state index is 13.8. The molecule has 0 radical (unpaired) electrons. The number of carbonyl (C=O) groups is 2. The van der Waals surface area contributed by atoms with Crippen molar-refractivity contribution in [1.82, 2.24) is 9.80 Å². The maximum atomic E-state index is 13.8. The van der Waals surface area contributed by atoms with E-state index in [1.807, 2.05) is 64.4 Å². The first-order valence-corrected chi connectivity index (χ1v) is 14.2. The quantitative estimate of drug-likeness (QED) is 0.212. The van der Waals surface area contributed by atoms with Gasteiger partial charge in [0.1, 0.15) is 0 Å². The average Bonchev–Trinajstić information content (AvgIpc) is 2.97. The van der Waals surface area contributed by atoms with Gasteiger partial charge >= 0.3 is 0 Å². The molecule has 3 rings (SSSR count). The van der Waals surface area contributed by atoms with Gasteiger partial charge in [0, 0.05) is 32.0 Å². The summed E-state index contributed by atoms with van der Waals surface area (Å²) in [7, 11) is 0. The van der Waals surface area contributed by atoms with E-state index in [2.05, 4.69) is 57.2 Å². The normalized spacial score (nSPS) is 12.5. The van der Waals surface area contributed by atoms with Crippen molar-refractivity contribution in [2.75, 3.05) is 13.1 Å². The van der Waals surface area contributed by atoms with E-state index in [0.29, 0.717) is 26.1 Å².